The quantitative estimate of drug-likeness (QED) is 0.868. The summed E-state index contributed by atoms with van der Waals surface area (Å²) in [5.41, 5.74) is 0.0947. The standard InChI is InChI=1S/C15H20N2OS/c1-4-18-14-9-5-8-13(17-14)16-11-15(2,3)12-7-6-10-19-12/h5-10H,4,11H2,1-3H3,(H,16,17). The number of nitrogens with one attached hydrogen (secondary N) is 1. The number of pyridine rings is 1. The molecule has 2 aromatic rings. The highest BCUT2D eigenvalue weighted by Crippen LogP contribution is 2.27. The van der Waals surface area contributed by atoms with Gasteiger partial charge in [0.2, 0.25) is 5.88 Å². The lowest BCUT2D eigenvalue weighted by molar-refractivity contribution is 0.327. The van der Waals surface area contributed by atoms with Crippen LogP contribution in [-0.2, 0) is 5.41 Å². The summed E-state index contributed by atoms with van der Waals surface area (Å²) in [5.74, 6) is 1.53. The molecule has 0 saturated carbocycles. The first-order valence-electron chi connectivity index (χ1n) is 6.49. The van der Waals surface area contributed by atoms with Crippen molar-refractivity contribution in [2.24, 2.45) is 0 Å². The second kappa shape index (κ2) is 6.06. The van der Waals surface area contributed by atoms with Crippen LogP contribution in [0.15, 0.2) is 35.7 Å². The Labute approximate surface area is 118 Å². The summed E-state index contributed by atoms with van der Waals surface area (Å²) in [6.45, 7) is 7.91. The second-order valence-electron chi connectivity index (χ2n) is 5.01. The summed E-state index contributed by atoms with van der Waals surface area (Å²) in [4.78, 5) is 5.79. The minimum absolute atomic E-state index is 0.0947. The van der Waals surface area contributed by atoms with Gasteiger partial charge in [-0.2, -0.15) is 4.98 Å². The third kappa shape index (κ3) is 3.70. The Kier molecular flexibility index (Phi) is 4.43. The first-order chi connectivity index (χ1) is 9.12. The maximum Gasteiger partial charge on any atom is 0.215 e. The zero-order chi connectivity index (χ0) is 13.7. The van der Waals surface area contributed by atoms with Gasteiger partial charge in [0.05, 0.1) is 6.61 Å². The molecule has 0 saturated heterocycles. The lowest BCUT2D eigenvalue weighted by Gasteiger charge is -2.24. The summed E-state index contributed by atoms with van der Waals surface area (Å²) in [5, 5.41) is 5.50. The summed E-state index contributed by atoms with van der Waals surface area (Å²) in [6, 6.07) is 10.1. The Morgan fingerprint density at radius 3 is 2.79 bits per heavy atom. The van der Waals surface area contributed by atoms with E-state index in [-0.39, 0.29) is 5.41 Å². The largest absolute Gasteiger partial charge is 0.478 e. The molecule has 0 bridgehead atoms. The fourth-order valence-corrected chi connectivity index (χ4v) is 2.66. The van der Waals surface area contributed by atoms with Crippen LogP contribution in [0.3, 0.4) is 0 Å². The van der Waals surface area contributed by atoms with Gasteiger partial charge in [-0.25, -0.2) is 0 Å². The zero-order valence-corrected chi connectivity index (χ0v) is 12.5. The minimum atomic E-state index is 0.0947. The number of hydrogen-bond acceptors (Lipinski definition) is 4. The monoisotopic (exact) mass is 276 g/mol. The third-order valence-corrected chi connectivity index (χ3v) is 4.15. The third-order valence-electron chi connectivity index (χ3n) is 2.92. The Morgan fingerprint density at radius 2 is 2.11 bits per heavy atom. The van der Waals surface area contributed by atoms with Crippen LogP contribution >= 0.6 is 11.3 Å². The molecular formula is C15H20N2OS. The number of rotatable bonds is 6. The second-order valence-corrected chi connectivity index (χ2v) is 5.96. The smallest absolute Gasteiger partial charge is 0.215 e. The van der Waals surface area contributed by atoms with Gasteiger partial charge in [-0.15, -0.1) is 11.3 Å². The molecule has 2 aromatic heterocycles. The van der Waals surface area contributed by atoms with Gasteiger partial charge < -0.3 is 10.1 Å². The molecule has 102 valence electrons. The van der Waals surface area contributed by atoms with Crippen molar-refractivity contribution in [3.8, 4) is 5.88 Å². The van der Waals surface area contributed by atoms with Crippen molar-refractivity contribution in [3.05, 3.63) is 40.6 Å². The van der Waals surface area contributed by atoms with Gasteiger partial charge >= 0.3 is 0 Å². The van der Waals surface area contributed by atoms with Crippen molar-refractivity contribution in [2.45, 2.75) is 26.2 Å². The fourth-order valence-electron chi connectivity index (χ4n) is 1.80. The summed E-state index contributed by atoms with van der Waals surface area (Å²) < 4.78 is 5.40. The molecule has 0 aliphatic heterocycles. The van der Waals surface area contributed by atoms with Gasteiger partial charge in [0.1, 0.15) is 5.82 Å². The molecule has 0 atom stereocenters. The van der Waals surface area contributed by atoms with E-state index in [2.05, 4.69) is 41.7 Å². The Bertz CT molecular complexity index is 509. The zero-order valence-electron chi connectivity index (χ0n) is 11.6. The lowest BCUT2D eigenvalue weighted by atomic mass is 9.91. The van der Waals surface area contributed by atoms with Crippen molar-refractivity contribution < 1.29 is 4.74 Å². The molecule has 0 amide bonds. The Morgan fingerprint density at radius 1 is 1.26 bits per heavy atom. The summed E-state index contributed by atoms with van der Waals surface area (Å²) in [7, 11) is 0. The van der Waals surface area contributed by atoms with Crippen LogP contribution in [0.1, 0.15) is 25.6 Å². The van der Waals surface area contributed by atoms with Gasteiger partial charge in [-0.3, -0.25) is 0 Å². The predicted molar refractivity (Wildman–Crippen MR) is 81.2 cm³/mol. The topological polar surface area (TPSA) is 34.1 Å². The van der Waals surface area contributed by atoms with E-state index in [1.54, 1.807) is 11.3 Å². The van der Waals surface area contributed by atoms with Crippen LogP contribution in [0.4, 0.5) is 5.82 Å². The van der Waals surface area contributed by atoms with E-state index < -0.39 is 0 Å². The van der Waals surface area contributed by atoms with Gasteiger partial charge in [-0.05, 0) is 24.4 Å². The minimum Gasteiger partial charge on any atom is -0.478 e. The average molecular weight is 276 g/mol. The van der Waals surface area contributed by atoms with Crippen molar-refractivity contribution in [1.82, 2.24) is 4.98 Å². The molecule has 0 aliphatic carbocycles. The van der Waals surface area contributed by atoms with E-state index >= 15 is 0 Å². The molecule has 1 N–H and O–H groups in total. The molecule has 3 nitrogen and oxygen atoms in total. The normalized spacial score (nSPS) is 11.3. The molecule has 0 unspecified atom stereocenters. The van der Waals surface area contributed by atoms with Gasteiger partial charge in [0, 0.05) is 22.9 Å². The van der Waals surface area contributed by atoms with Gasteiger partial charge in [0.25, 0.3) is 0 Å². The van der Waals surface area contributed by atoms with Crippen LogP contribution in [0.5, 0.6) is 5.88 Å². The van der Waals surface area contributed by atoms with Crippen molar-refractivity contribution in [2.75, 3.05) is 18.5 Å². The van der Waals surface area contributed by atoms with E-state index in [1.165, 1.54) is 4.88 Å². The molecule has 2 rings (SSSR count). The number of thiophene rings is 1. The number of hydrogen-bond donors (Lipinski definition) is 1. The number of aromatic nitrogens is 1. The molecule has 0 fully saturated rings. The molecule has 0 radical (unpaired) electrons. The lowest BCUT2D eigenvalue weighted by Crippen LogP contribution is -2.26. The molecule has 0 aliphatic rings. The fraction of sp³-hybridized carbons (Fsp3) is 0.400. The highest BCUT2D eigenvalue weighted by Gasteiger charge is 2.21. The van der Waals surface area contributed by atoms with E-state index in [4.69, 9.17) is 4.74 Å². The molecule has 2 heterocycles. The molecule has 4 heteroatoms. The van der Waals surface area contributed by atoms with E-state index in [1.807, 2.05) is 25.1 Å². The summed E-state index contributed by atoms with van der Waals surface area (Å²) in [6.07, 6.45) is 0. The van der Waals surface area contributed by atoms with Gasteiger partial charge in [-0.1, -0.05) is 26.0 Å². The number of ether oxygens (including phenoxy) is 1. The molecule has 0 aromatic carbocycles. The highest BCUT2D eigenvalue weighted by molar-refractivity contribution is 7.10. The highest BCUT2D eigenvalue weighted by atomic mass is 32.1. The van der Waals surface area contributed by atoms with Gasteiger partial charge in [0.15, 0.2) is 0 Å². The van der Waals surface area contributed by atoms with Crippen molar-refractivity contribution in [1.29, 1.82) is 0 Å². The molecule has 0 spiro atoms. The maximum atomic E-state index is 5.40. The summed E-state index contributed by atoms with van der Waals surface area (Å²) >= 11 is 1.79. The van der Waals surface area contributed by atoms with Crippen LogP contribution in [-0.4, -0.2) is 18.1 Å². The Hall–Kier alpha value is -1.55. The number of anilines is 1. The molecule has 19 heavy (non-hydrogen) atoms. The van der Waals surface area contributed by atoms with E-state index in [0.717, 1.165) is 12.4 Å². The van der Waals surface area contributed by atoms with E-state index in [9.17, 15) is 0 Å². The van der Waals surface area contributed by atoms with Crippen LogP contribution in [0.25, 0.3) is 0 Å². The van der Waals surface area contributed by atoms with Crippen molar-refractivity contribution in [3.63, 3.8) is 0 Å². The van der Waals surface area contributed by atoms with Crippen molar-refractivity contribution >= 4 is 17.2 Å². The van der Waals surface area contributed by atoms with Crippen LogP contribution in [0, 0.1) is 0 Å². The van der Waals surface area contributed by atoms with Crippen LogP contribution in [0.2, 0.25) is 0 Å². The predicted octanol–water partition coefficient (Wildman–Crippen LogP) is 3.93. The first-order valence-corrected chi connectivity index (χ1v) is 7.37. The van der Waals surface area contributed by atoms with Crippen LogP contribution < -0.4 is 10.1 Å². The SMILES string of the molecule is CCOc1cccc(NCC(C)(C)c2cccs2)n1. The average Bonchev–Trinajstić information content (AvgIpc) is 2.92. The Balaban J connectivity index is 2.00. The number of nitrogens with zero attached hydrogens (tertiary/aromatic N) is 1. The molecular weight excluding hydrogens is 256 g/mol. The first kappa shape index (κ1) is 13.9. The maximum absolute atomic E-state index is 5.40. The van der Waals surface area contributed by atoms with E-state index in [0.29, 0.717) is 12.5 Å².